The van der Waals surface area contributed by atoms with E-state index >= 15 is 0 Å². The van der Waals surface area contributed by atoms with Crippen LogP contribution in [0.2, 0.25) is 10.0 Å². The van der Waals surface area contributed by atoms with Crippen LogP contribution >= 0.6 is 46.3 Å². The number of hydrogen-bond acceptors (Lipinski definition) is 4. The van der Waals surface area contributed by atoms with Crippen molar-refractivity contribution in [2.45, 2.75) is 24.3 Å². The fourth-order valence-electron chi connectivity index (χ4n) is 4.03. The molecule has 0 bridgehead atoms. The molecule has 3 aromatic rings. The van der Waals surface area contributed by atoms with Gasteiger partial charge < -0.3 is 9.80 Å². The Balaban J connectivity index is 1.52. The average Bonchev–Trinajstić information content (AvgIpc) is 3.30. The predicted molar refractivity (Wildman–Crippen MR) is 137 cm³/mol. The van der Waals surface area contributed by atoms with E-state index in [4.69, 9.17) is 23.2 Å². The van der Waals surface area contributed by atoms with Crippen molar-refractivity contribution < 1.29 is 9.59 Å². The zero-order chi connectivity index (χ0) is 23.4. The number of benzene rings is 2. The average molecular weight is 520 g/mol. The number of carbonyl (C=O) groups is 2. The summed E-state index contributed by atoms with van der Waals surface area (Å²) in [4.78, 5) is 32.1. The fraction of sp³-hybridized carbons (Fsp3) is 0.280. The maximum atomic E-state index is 13.5. The van der Waals surface area contributed by atoms with Gasteiger partial charge in [0.25, 0.3) is 0 Å². The van der Waals surface area contributed by atoms with Crippen molar-refractivity contribution in [1.29, 1.82) is 0 Å². The monoisotopic (exact) mass is 518 g/mol. The Kier molecular flexibility index (Phi) is 8.02. The highest BCUT2D eigenvalue weighted by molar-refractivity contribution is 8.00. The molecular formula is C25H24Cl2N2O2S2. The van der Waals surface area contributed by atoms with Crippen LogP contribution in [0.15, 0.2) is 64.9 Å². The minimum atomic E-state index is -0.287. The summed E-state index contributed by atoms with van der Waals surface area (Å²) >= 11 is 15.9. The Morgan fingerprint density at radius 2 is 1.91 bits per heavy atom. The van der Waals surface area contributed by atoms with Crippen LogP contribution in [0.3, 0.4) is 0 Å². The number of rotatable bonds is 7. The number of amides is 2. The lowest BCUT2D eigenvalue weighted by Crippen LogP contribution is -2.47. The molecule has 1 unspecified atom stereocenters. The molecule has 0 radical (unpaired) electrons. The first-order chi connectivity index (χ1) is 16.0. The molecule has 1 atom stereocenters. The van der Waals surface area contributed by atoms with Gasteiger partial charge in [0.2, 0.25) is 11.8 Å². The van der Waals surface area contributed by atoms with E-state index in [1.165, 1.54) is 16.6 Å². The van der Waals surface area contributed by atoms with Gasteiger partial charge in [0.1, 0.15) is 0 Å². The molecule has 0 N–H and O–H groups in total. The Labute approximate surface area is 212 Å². The largest absolute Gasteiger partial charge is 0.333 e. The molecule has 8 heteroatoms. The second-order valence-electron chi connectivity index (χ2n) is 7.71. The summed E-state index contributed by atoms with van der Waals surface area (Å²) in [5.41, 5.74) is 1.95. The molecule has 1 aromatic heterocycles. The molecule has 4 rings (SSSR count). The summed E-state index contributed by atoms with van der Waals surface area (Å²) in [6, 6.07) is 17.0. The van der Waals surface area contributed by atoms with Crippen molar-refractivity contribution in [3.05, 3.63) is 86.0 Å². The van der Waals surface area contributed by atoms with E-state index in [1.807, 2.05) is 48.2 Å². The lowest BCUT2D eigenvalue weighted by atomic mass is 9.93. The zero-order valence-corrected chi connectivity index (χ0v) is 21.3. The molecular weight excluding hydrogens is 495 g/mol. The van der Waals surface area contributed by atoms with Gasteiger partial charge in [0.15, 0.2) is 0 Å². The minimum absolute atomic E-state index is 0.0472. The van der Waals surface area contributed by atoms with Gasteiger partial charge in [0.05, 0.1) is 18.3 Å². The van der Waals surface area contributed by atoms with Gasteiger partial charge in [-0.25, -0.2) is 0 Å². The van der Waals surface area contributed by atoms with Crippen molar-refractivity contribution in [1.82, 2.24) is 9.80 Å². The van der Waals surface area contributed by atoms with Crippen LogP contribution in [0.1, 0.15) is 29.0 Å². The second kappa shape index (κ2) is 11.0. The standard InChI is InChI=1S/C25H24Cl2N2O2S2/c1-2-28(24(31)16-33-18-6-4-3-5-7-18)15-23(30)29-12-10-22-20(11-13-32-22)25(29)19-9-8-17(26)14-21(19)27/h3-9,11,13-14,25H,2,10,12,15-16H2,1H3. The number of likely N-dealkylation sites (N-methyl/N-ethyl adjacent to an activating group) is 1. The molecule has 2 amide bonds. The molecule has 1 aliphatic heterocycles. The Morgan fingerprint density at radius 3 is 2.64 bits per heavy atom. The SMILES string of the molecule is CCN(CC(=O)N1CCc2sccc2C1c1ccc(Cl)cc1Cl)C(=O)CSc1ccccc1. The van der Waals surface area contributed by atoms with Gasteiger partial charge >= 0.3 is 0 Å². The van der Waals surface area contributed by atoms with E-state index < -0.39 is 0 Å². The zero-order valence-electron chi connectivity index (χ0n) is 18.2. The molecule has 4 nitrogen and oxygen atoms in total. The third-order valence-electron chi connectivity index (χ3n) is 5.71. The minimum Gasteiger partial charge on any atom is -0.333 e. The second-order valence-corrected chi connectivity index (χ2v) is 10.6. The lowest BCUT2D eigenvalue weighted by Gasteiger charge is -2.38. The van der Waals surface area contributed by atoms with Gasteiger partial charge in [-0.05, 0) is 60.2 Å². The van der Waals surface area contributed by atoms with Crippen LogP contribution in [0, 0.1) is 0 Å². The highest BCUT2D eigenvalue weighted by Crippen LogP contribution is 2.41. The fourth-order valence-corrected chi connectivity index (χ4v) is 6.27. The first-order valence-electron chi connectivity index (χ1n) is 10.7. The van der Waals surface area contributed by atoms with Crippen molar-refractivity contribution in [3.8, 4) is 0 Å². The van der Waals surface area contributed by atoms with Crippen LogP contribution in [0.5, 0.6) is 0 Å². The maximum Gasteiger partial charge on any atom is 0.242 e. The van der Waals surface area contributed by atoms with E-state index in [2.05, 4.69) is 11.4 Å². The Morgan fingerprint density at radius 1 is 1.12 bits per heavy atom. The maximum absolute atomic E-state index is 13.5. The molecule has 2 heterocycles. The van der Waals surface area contributed by atoms with Gasteiger partial charge in [-0.1, -0.05) is 47.5 Å². The van der Waals surface area contributed by atoms with Crippen LogP contribution < -0.4 is 0 Å². The van der Waals surface area contributed by atoms with Gasteiger partial charge in [-0.3, -0.25) is 9.59 Å². The molecule has 33 heavy (non-hydrogen) atoms. The summed E-state index contributed by atoms with van der Waals surface area (Å²) in [6.45, 7) is 3.01. The number of hydrogen-bond donors (Lipinski definition) is 0. The summed E-state index contributed by atoms with van der Waals surface area (Å²) < 4.78 is 0. The third-order valence-corrected chi connectivity index (χ3v) is 8.27. The predicted octanol–water partition coefficient (Wildman–Crippen LogP) is 6.17. The molecule has 0 spiro atoms. The van der Waals surface area contributed by atoms with Crippen molar-refractivity contribution in [2.75, 3.05) is 25.4 Å². The summed E-state index contributed by atoms with van der Waals surface area (Å²) in [6.07, 6.45) is 0.796. The van der Waals surface area contributed by atoms with E-state index in [0.29, 0.717) is 28.9 Å². The van der Waals surface area contributed by atoms with Gasteiger partial charge in [-0.2, -0.15) is 0 Å². The molecule has 172 valence electrons. The molecule has 0 fully saturated rings. The number of halogens is 2. The quantitative estimate of drug-likeness (QED) is 0.351. The molecule has 0 saturated heterocycles. The number of carbonyl (C=O) groups excluding carboxylic acids is 2. The first kappa shape index (κ1) is 24.1. The Bertz CT molecular complexity index is 1140. The summed E-state index contributed by atoms with van der Waals surface area (Å²) in [5.74, 6) is 0.170. The topological polar surface area (TPSA) is 40.6 Å². The highest BCUT2D eigenvalue weighted by Gasteiger charge is 2.34. The first-order valence-corrected chi connectivity index (χ1v) is 13.4. The molecule has 0 aliphatic carbocycles. The normalized spacial score (nSPS) is 15.2. The number of nitrogens with zero attached hydrogens (tertiary/aromatic N) is 2. The lowest BCUT2D eigenvalue weighted by molar-refractivity contribution is -0.140. The number of thioether (sulfide) groups is 1. The van der Waals surface area contributed by atoms with E-state index in [9.17, 15) is 9.59 Å². The molecule has 0 saturated carbocycles. The van der Waals surface area contributed by atoms with E-state index in [1.54, 1.807) is 28.4 Å². The summed E-state index contributed by atoms with van der Waals surface area (Å²) in [7, 11) is 0. The van der Waals surface area contributed by atoms with Crippen molar-refractivity contribution in [2.24, 2.45) is 0 Å². The Hall–Kier alpha value is -1.99. The van der Waals surface area contributed by atoms with Crippen LogP contribution in [0.4, 0.5) is 0 Å². The van der Waals surface area contributed by atoms with Gasteiger partial charge in [0, 0.05) is 32.9 Å². The molecule has 1 aliphatic rings. The number of thiophene rings is 1. The van der Waals surface area contributed by atoms with Gasteiger partial charge in [-0.15, -0.1) is 23.1 Å². The smallest absolute Gasteiger partial charge is 0.242 e. The van der Waals surface area contributed by atoms with Crippen LogP contribution in [0.25, 0.3) is 0 Å². The number of fused-ring (bicyclic) bond motifs is 1. The summed E-state index contributed by atoms with van der Waals surface area (Å²) in [5, 5.41) is 3.15. The van der Waals surface area contributed by atoms with Crippen LogP contribution in [-0.4, -0.2) is 47.0 Å². The third kappa shape index (κ3) is 5.57. The van der Waals surface area contributed by atoms with E-state index in [-0.39, 0.29) is 24.4 Å². The van der Waals surface area contributed by atoms with Crippen molar-refractivity contribution in [3.63, 3.8) is 0 Å². The highest BCUT2D eigenvalue weighted by atomic mass is 35.5. The van der Waals surface area contributed by atoms with Crippen molar-refractivity contribution >= 4 is 58.1 Å². The van der Waals surface area contributed by atoms with Crippen LogP contribution in [-0.2, 0) is 16.0 Å². The van der Waals surface area contributed by atoms with E-state index in [0.717, 1.165) is 22.4 Å². The molecule has 2 aromatic carbocycles.